The number of nitrogens with one attached hydrogen (secondary N) is 1. The van der Waals surface area contributed by atoms with Gasteiger partial charge in [-0.05, 0) is 19.4 Å². The van der Waals surface area contributed by atoms with Crippen LogP contribution in [0.15, 0.2) is 0 Å². The van der Waals surface area contributed by atoms with E-state index in [0.29, 0.717) is 12.6 Å². The molecule has 2 fully saturated rings. The van der Waals surface area contributed by atoms with E-state index in [9.17, 15) is 8.78 Å². The van der Waals surface area contributed by atoms with Crippen LogP contribution >= 0.6 is 0 Å². The van der Waals surface area contributed by atoms with Crippen molar-refractivity contribution in [3.8, 4) is 0 Å². The zero-order valence-electron chi connectivity index (χ0n) is 7.73. The van der Waals surface area contributed by atoms with E-state index in [2.05, 4.69) is 5.32 Å². The Hall–Kier alpha value is -0.220. The predicted molar refractivity (Wildman–Crippen MR) is 47.0 cm³/mol. The molecule has 0 aromatic carbocycles. The number of nitrogens with zero attached hydrogens (tertiary/aromatic N) is 1. The quantitative estimate of drug-likeness (QED) is 0.701. The van der Waals surface area contributed by atoms with Crippen LogP contribution in [0, 0.1) is 0 Å². The Labute approximate surface area is 77.3 Å². The van der Waals surface area contributed by atoms with Gasteiger partial charge < -0.3 is 5.32 Å². The van der Waals surface area contributed by atoms with E-state index in [-0.39, 0.29) is 13.0 Å². The molecule has 4 heteroatoms. The summed E-state index contributed by atoms with van der Waals surface area (Å²) in [6.45, 7) is 2.38. The smallest absolute Gasteiger partial charge is 0.261 e. The molecule has 0 aliphatic carbocycles. The van der Waals surface area contributed by atoms with Gasteiger partial charge in [0, 0.05) is 25.6 Å². The normalized spacial score (nSPS) is 34.2. The van der Waals surface area contributed by atoms with E-state index in [1.165, 1.54) is 6.42 Å². The van der Waals surface area contributed by atoms with Crippen LogP contribution in [0.25, 0.3) is 0 Å². The molecule has 0 bridgehead atoms. The summed E-state index contributed by atoms with van der Waals surface area (Å²) >= 11 is 0. The minimum absolute atomic E-state index is 0.0365. The molecule has 1 unspecified atom stereocenters. The van der Waals surface area contributed by atoms with Crippen molar-refractivity contribution in [1.29, 1.82) is 0 Å². The maximum Gasteiger partial charge on any atom is 0.261 e. The van der Waals surface area contributed by atoms with Crippen molar-refractivity contribution in [3.63, 3.8) is 0 Å². The molecule has 0 saturated carbocycles. The van der Waals surface area contributed by atoms with Crippen LogP contribution in [0.1, 0.15) is 19.3 Å². The Morgan fingerprint density at radius 2 is 2.31 bits per heavy atom. The van der Waals surface area contributed by atoms with Gasteiger partial charge in [-0.3, -0.25) is 4.90 Å². The summed E-state index contributed by atoms with van der Waals surface area (Å²) in [6.07, 6.45) is 2.37. The van der Waals surface area contributed by atoms with Crippen molar-refractivity contribution >= 4 is 0 Å². The summed E-state index contributed by atoms with van der Waals surface area (Å²) in [7, 11) is 0. The van der Waals surface area contributed by atoms with E-state index in [0.717, 1.165) is 19.5 Å². The van der Waals surface area contributed by atoms with Gasteiger partial charge in [0.1, 0.15) is 0 Å². The minimum Gasteiger partial charge on any atom is -0.313 e. The molecule has 1 atom stereocenters. The third-order valence-corrected chi connectivity index (χ3v) is 2.89. The molecule has 13 heavy (non-hydrogen) atoms. The number of hydrogen-bond donors (Lipinski definition) is 1. The average Bonchev–Trinajstić information content (AvgIpc) is 2.61. The van der Waals surface area contributed by atoms with Crippen LogP contribution in [-0.2, 0) is 0 Å². The Morgan fingerprint density at radius 1 is 1.46 bits per heavy atom. The molecule has 0 radical (unpaired) electrons. The Kier molecular flexibility index (Phi) is 2.51. The maximum absolute atomic E-state index is 12.8. The molecule has 2 saturated heterocycles. The largest absolute Gasteiger partial charge is 0.313 e. The summed E-state index contributed by atoms with van der Waals surface area (Å²) in [5, 5.41) is 3.32. The molecule has 2 aliphatic heterocycles. The molecule has 1 N–H and O–H groups in total. The topological polar surface area (TPSA) is 15.3 Å². The van der Waals surface area contributed by atoms with E-state index < -0.39 is 5.92 Å². The van der Waals surface area contributed by atoms with Gasteiger partial charge in [0.15, 0.2) is 0 Å². The van der Waals surface area contributed by atoms with E-state index in [1.54, 1.807) is 0 Å². The molecular formula is C9H16F2N2. The lowest BCUT2D eigenvalue weighted by Gasteiger charge is -2.19. The predicted octanol–water partition coefficient (Wildman–Crippen LogP) is 1.08. The summed E-state index contributed by atoms with van der Waals surface area (Å²) in [5.41, 5.74) is 0. The van der Waals surface area contributed by atoms with Crippen molar-refractivity contribution in [2.75, 3.05) is 26.2 Å². The van der Waals surface area contributed by atoms with Crippen molar-refractivity contribution in [1.82, 2.24) is 10.2 Å². The monoisotopic (exact) mass is 190 g/mol. The highest BCUT2D eigenvalue weighted by Crippen LogP contribution is 2.27. The molecular weight excluding hydrogens is 174 g/mol. The highest BCUT2D eigenvalue weighted by Gasteiger charge is 2.38. The second kappa shape index (κ2) is 3.50. The first-order valence-corrected chi connectivity index (χ1v) is 4.99. The van der Waals surface area contributed by atoms with Gasteiger partial charge in [-0.2, -0.15) is 0 Å². The van der Waals surface area contributed by atoms with Crippen LogP contribution < -0.4 is 5.32 Å². The molecule has 0 aromatic heterocycles. The fraction of sp³-hybridized carbons (Fsp3) is 1.00. The number of rotatable bonds is 2. The van der Waals surface area contributed by atoms with E-state index >= 15 is 0 Å². The standard InChI is InChI=1S/C9H16F2N2/c10-9(11)3-5-13(7-9)6-8-2-1-4-12-8/h8,12H,1-7H2. The molecule has 0 spiro atoms. The van der Waals surface area contributed by atoms with Crippen LogP contribution in [0.4, 0.5) is 8.78 Å². The average molecular weight is 190 g/mol. The van der Waals surface area contributed by atoms with E-state index in [1.807, 2.05) is 4.90 Å². The van der Waals surface area contributed by atoms with Gasteiger partial charge in [0.05, 0.1) is 6.54 Å². The van der Waals surface area contributed by atoms with Crippen LogP contribution in [0.3, 0.4) is 0 Å². The third kappa shape index (κ3) is 2.38. The molecule has 0 amide bonds. The van der Waals surface area contributed by atoms with Crippen molar-refractivity contribution in [2.24, 2.45) is 0 Å². The van der Waals surface area contributed by atoms with Crippen LogP contribution in [-0.4, -0.2) is 43.0 Å². The first-order valence-electron chi connectivity index (χ1n) is 4.99. The number of likely N-dealkylation sites (tertiary alicyclic amines) is 1. The summed E-state index contributed by atoms with van der Waals surface area (Å²) < 4.78 is 25.6. The second-order valence-corrected chi connectivity index (χ2v) is 4.13. The first-order chi connectivity index (χ1) is 6.16. The van der Waals surface area contributed by atoms with E-state index in [4.69, 9.17) is 0 Å². The fourth-order valence-electron chi connectivity index (χ4n) is 2.19. The van der Waals surface area contributed by atoms with Crippen molar-refractivity contribution in [2.45, 2.75) is 31.2 Å². The number of hydrogen-bond acceptors (Lipinski definition) is 2. The van der Waals surface area contributed by atoms with Crippen molar-refractivity contribution < 1.29 is 8.78 Å². The second-order valence-electron chi connectivity index (χ2n) is 4.13. The van der Waals surface area contributed by atoms with Gasteiger partial charge in [-0.15, -0.1) is 0 Å². The number of alkyl halides is 2. The highest BCUT2D eigenvalue weighted by molar-refractivity contribution is 4.86. The lowest BCUT2D eigenvalue weighted by Crippen LogP contribution is -2.37. The third-order valence-electron chi connectivity index (χ3n) is 2.89. The Bertz CT molecular complexity index is 178. The number of halogens is 2. The van der Waals surface area contributed by atoms with Gasteiger partial charge in [-0.25, -0.2) is 8.78 Å². The van der Waals surface area contributed by atoms with Gasteiger partial charge in [-0.1, -0.05) is 0 Å². The molecule has 0 aromatic rings. The maximum atomic E-state index is 12.8. The zero-order valence-corrected chi connectivity index (χ0v) is 7.73. The lowest BCUT2D eigenvalue weighted by molar-refractivity contribution is 0.0116. The lowest BCUT2D eigenvalue weighted by atomic mass is 10.2. The van der Waals surface area contributed by atoms with Gasteiger partial charge >= 0.3 is 0 Å². The van der Waals surface area contributed by atoms with Crippen molar-refractivity contribution in [3.05, 3.63) is 0 Å². The fourth-order valence-corrected chi connectivity index (χ4v) is 2.19. The first kappa shape index (κ1) is 9.34. The highest BCUT2D eigenvalue weighted by atomic mass is 19.3. The molecule has 2 aliphatic rings. The molecule has 76 valence electrons. The molecule has 2 nitrogen and oxygen atoms in total. The Morgan fingerprint density at radius 3 is 2.85 bits per heavy atom. The Balaban J connectivity index is 1.77. The summed E-state index contributed by atoms with van der Waals surface area (Å²) in [5.74, 6) is -2.43. The minimum atomic E-state index is -2.43. The summed E-state index contributed by atoms with van der Waals surface area (Å²) in [6, 6.07) is 0.453. The summed E-state index contributed by atoms with van der Waals surface area (Å²) in [4.78, 5) is 1.88. The van der Waals surface area contributed by atoms with Gasteiger partial charge in [0.25, 0.3) is 5.92 Å². The SMILES string of the molecule is FC1(F)CCN(CC2CCCN2)C1. The van der Waals surface area contributed by atoms with Gasteiger partial charge in [0.2, 0.25) is 0 Å². The van der Waals surface area contributed by atoms with Crippen LogP contribution in [0.2, 0.25) is 0 Å². The van der Waals surface area contributed by atoms with Crippen LogP contribution in [0.5, 0.6) is 0 Å². The molecule has 2 rings (SSSR count). The molecule has 2 heterocycles. The zero-order chi connectivity index (χ0) is 9.31.